The molecule has 0 amide bonds. The Morgan fingerprint density at radius 3 is 2.35 bits per heavy atom. The number of hydrogen-bond acceptors (Lipinski definition) is 3. The number of methoxy groups -OCH3 is 1. The molecule has 1 rings (SSSR count). The molecule has 114 valence electrons. The average Bonchev–Trinajstić information content (AvgIpc) is 2.46. The molecule has 0 aromatic heterocycles. The van der Waals surface area contributed by atoms with E-state index in [2.05, 4.69) is 42.4 Å². The number of halogens is 1. The predicted molar refractivity (Wildman–Crippen MR) is 92.3 cm³/mol. The van der Waals surface area contributed by atoms with Crippen molar-refractivity contribution in [1.82, 2.24) is 0 Å². The lowest BCUT2D eigenvalue weighted by Gasteiger charge is -2.32. The van der Waals surface area contributed by atoms with Crippen LogP contribution >= 0.6 is 28.6 Å². The summed E-state index contributed by atoms with van der Waals surface area (Å²) in [5.41, 5.74) is 0.146. The highest BCUT2D eigenvalue weighted by molar-refractivity contribution is 9.10. The molecule has 0 aliphatic carbocycles. The third kappa shape index (κ3) is 4.59. The molecule has 20 heavy (non-hydrogen) atoms. The lowest BCUT2D eigenvalue weighted by molar-refractivity contribution is 0.139. The molecule has 0 saturated carbocycles. The van der Waals surface area contributed by atoms with Gasteiger partial charge in [-0.1, -0.05) is 32.8 Å². The topological polar surface area (TPSA) is 18.5 Å². The first-order valence-corrected chi connectivity index (χ1v) is 8.61. The minimum atomic E-state index is 0.146. The number of thiol groups is 1. The first-order chi connectivity index (χ1) is 9.62. The minimum absolute atomic E-state index is 0.146. The van der Waals surface area contributed by atoms with Crippen LogP contribution in [0.1, 0.15) is 39.5 Å². The van der Waals surface area contributed by atoms with Crippen molar-refractivity contribution in [3.8, 4) is 11.5 Å². The van der Waals surface area contributed by atoms with E-state index in [-0.39, 0.29) is 5.41 Å². The third-order valence-electron chi connectivity index (χ3n) is 3.57. The molecule has 1 aromatic carbocycles. The molecule has 0 fully saturated rings. The van der Waals surface area contributed by atoms with Crippen LogP contribution in [-0.2, 0) is 0 Å². The number of benzene rings is 1. The standard InChI is InChI=1S/C16H25BrO2S/c1-4-9-16(12-20,10-5-2)11-19-15-13(17)7-6-8-14(15)18-3/h6-8,20H,4-5,9-12H2,1-3H3. The molecule has 0 saturated heterocycles. The molecule has 0 radical (unpaired) electrons. The third-order valence-corrected chi connectivity index (χ3v) is 4.86. The van der Waals surface area contributed by atoms with Gasteiger partial charge in [0.15, 0.2) is 11.5 Å². The normalized spacial score (nSPS) is 11.4. The molecule has 0 aliphatic rings. The largest absolute Gasteiger partial charge is 0.493 e. The maximum absolute atomic E-state index is 6.10. The maximum Gasteiger partial charge on any atom is 0.175 e. The second kappa shape index (κ2) is 8.83. The summed E-state index contributed by atoms with van der Waals surface area (Å²) >= 11 is 8.10. The quantitative estimate of drug-likeness (QED) is 0.598. The van der Waals surface area contributed by atoms with Gasteiger partial charge in [-0.15, -0.1) is 0 Å². The van der Waals surface area contributed by atoms with Gasteiger partial charge in [0, 0.05) is 5.41 Å². The van der Waals surface area contributed by atoms with E-state index in [1.807, 2.05) is 18.2 Å². The van der Waals surface area contributed by atoms with Crippen molar-refractivity contribution >= 4 is 28.6 Å². The zero-order valence-electron chi connectivity index (χ0n) is 12.6. The van der Waals surface area contributed by atoms with Gasteiger partial charge in [0.05, 0.1) is 18.2 Å². The first-order valence-electron chi connectivity index (χ1n) is 7.18. The highest BCUT2D eigenvalue weighted by atomic mass is 79.9. The molecule has 0 N–H and O–H groups in total. The number of para-hydroxylation sites is 1. The van der Waals surface area contributed by atoms with Crippen LogP contribution in [0.15, 0.2) is 22.7 Å². The molecule has 0 heterocycles. The van der Waals surface area contributed by atoms with Gasteiger partial charge in [-0.05, 0) is 46.7 Å². The van der Waals surface area contributed by atoms with Gasteiger partial charge in [0.1, 0.15) is 0 Å². The lowest BCUT2D eigenvalue weighted by Crippen LogP contribution is -2.30. The van der Waals surface area contributed by atoms with Crippen LogP contribution in [0.2, 0.25) is 0 Å². The SMILES string of the molecule is CCCC(CS)(CCC)COc1c(Br)cccc1OC. The van der Waals surface area contributed by atoms with E-state index in [0.717, 1.165) is 47.4 Å². The van der Waals surface area contributed by atoms with Crippen LogP contribution in [0.5, 0.6) is 11.5 Å². The molecule has 0 spiro atoms. The van der Waals surface area contributed by atoms with Gasteiger partial charge in [-0.25, -0.2) is 0 Å². The van der Waals surface area contributed by atoms with Gasteiger partial charge >= 0.3 is 0 Å². The van der Waals surface area contributed by atoms with E-state index in [4.69, 9.17) is 9.47 Å². The molecular weight excluding hydrogens is 336 g/mol. The second-order valence-electron chi connectivity index (χ2n) is 5.22. The van der Waals surface area contributed by atoms with Crippen molar-refractivity contribution < 1.29 is 9.47 Å². The van der Waals surface area contributed by atoms with Gasteiger partial charge in [-0.3, -0.25) is 0 Å². The molecule has 0 aliphatic heterocycles. The van der Waals surface area contributed by atoms with Crippen LogP contribution in [0.4, 0.5) is 0 Å². The molecule has 0 unspecified atom stereocenters. The van der Waals surface area contributed by atoms with Crippen molar-refractivity contribution in [3.05, 3.63) is 22.7 Å². The fraction of sp³-hybridized carbons (Fsp3) is 0.625. The summed E-state index contributed by atoms with van der Waals surface area (Å²) in [6, 6.07) is 5.84. The van der Waals surface area contributed by atoms with Gasteiger partial charge < -0.3 is 9.47 Å². The smallest absolute Gasteiger partial charge is 0.175 e. The van der Waals surface area contributed by atoms with Crippen molar-refractivity contribution in [2.75, 3.05) is 19.5 Å². The van der Waals surface area contributed by atoms with Crippen molar-refractivity contribution in [3.63, 3.8) is 0 Å². The monoisotopic (exact) mass is 360 g/mol. The van der Waals surface area contributed by atoms with Crippen molar-refractivity contribution in [1.29, 1.82) is 0 Å². The summed E-state index contributed by atoms with van der Waals surface area (Å²) in [7, 11) is 1.67. The summed E-state index contributed by atoms with van der Waals surface area (Å²) in [4.78, 5) is 0. The molecular formula is C16H25BrO2S. The maximum atomic E-state index is 6.10. The highest BCUT2D eigenvalue weighted by Crippen LogP contribution is 2.38. The van der Waals surface area contributed by atoms with Crippen LogP contribution in [0.3, 0.4) is 0 Å². The van der Waals surface area contributed by atoms with Crippen molar-refractivity contribution in [2.24, 2.45) is 5.41 Å². The molecule has 0 bridgehead atoms. The van der Waals surface area contributed by atoms with E-state index in [9.17, 15) is 0 Å². The molecule has 4 heteroatoms. The van der Waals surface area contributed by atoms with Crippen LogP contribution in [-0.4, -0.2) is 19.5 Å². The zero-order chi connectivity index (χ0) is 15.0. The fourth-order valence-corrected chi connectivity index (χ4v) is 3.42. The van der Waals surface area contributed by atoms with E-state index in [1.165, 1.54) is 0 Å². The Bertz CT molecular complexity index is 403. The average molecular weight is 361 g/mol. The van der Waals surface area contributed by atoms with Gasteiger partial charge in [0.2, 0.25) is 0 Å². The Morgan fingerprint density at radius 1 is 1.20 bits per heavy atom. The number of hydrogen-bond donors (Lipinski definition) is 1. The fourth-order valence-electron chi connectivity index (χ4n) is 2.55. The lowest BCUT2D eigenvalue weighted by atomic mass is 9.82. The summed E-state index contributed by atoms with van der Waals surface area (Å²) in [6.45, 7) is 5.11. The Morgan fingerprint density at radius 2 is 1.85 bits per heavy atom. The van der Waals surface area contributed by atoms with E-state index >= 15 is 0 Å². The summed E-state index contributed by atoms with van der Waals surface area (Å²) in [5.74, 6) is 2.40. The minimum Gasteiger partial charge on any atom is -0.493 e. The zero-order valence-corrected chi connectivity index (χ0v) is 15.1. The second-order valence-corrected chi connectivity index (χ2v) is 6.39. The van der Waals surface area contributed by atoms with Gasteiger partial charge in [-0.2, -0.15) is 12.6 Å². The summed E-state index contributed by atoms with van der Waals surface area (Å²) < 4.78 is 12.4. The Hall–Kier alpha value is -0.350. The van der Waals surface area contributed by atoms with Crippen LogP contribution < -0.4 is 9.47 Å². The van der Waals surface area contributed by atoms with E-state index in [1.54, 1.807) is 7.11 Å². The van der Waals surface area contributed by atoms with Gasteiger partial charge in [0.25, 0.3) is 0 Å². The van der Waals surface area contributed by atoms with Crippen LogP contribution in [0, 0.1) is 5.41 Å². The van der Waals surface area contributed by atoms with E-state index < -0.39 is 0 Å². The van der Waals surface area contributed by atoms with Crippen molar-refractivity contribution in [2.45, 2.75) is 39.5 Å². The summed E-state index contributed by atoms with van der Waals surface area (Å²) in [6.07, 6.45) is 4.57. The molecule has 1 aromatic rings. The van der Waals surface area contributed by atoms with Crippen LogP contribution in [0.25, 0.3) is 0 Å². The predicted octanol–water partition coefficient (Wildman–Crippen LogP) is 5.35. The number of rotatable bonds is 9. The Kier molecular flexibility index (Phi) is 7.82. The highest BCUT2D eigenvalue weighted by Gasteiger charge is 2.28. The molecule has 0 atom stereocenters. The first kappa shape index (κ1) is 17.7. The van der Waals surface area contributed by atoms with E-state index in [0.29, 0.717) is 6.61 Å². The Labute approximate surface area is 136 Å². The Balaban J connectivity index is 2.86. The summed E-state index contributed by atoms with van der Waals surface area (Å²) in [5, 5.41) is 0. The number of ether oxygens (including phenoxy) is 2. The molecule has 2 nitrogen and oxygen atoms in total.